The minimum absolute atomic E-state index is 0.172. The van der Waals surface area contributed by atoms with Crippen molar-refractivity contribution in [3.05, 3.63) is 23.8 Å². The Morgan fingerprint density at radius 1 is 1.43 bits per heavy atom. The average Bonchev–Trinajstić information content (AvgIpc) is 2.14. The number of rotatable bonds is 2. The number of nitrogens with two attached hydrogens (primary N) is 1. The molecule has 0 bridgehead atoms. The summed E-state index contributed by atoms with van der Waals surface area (Å²) in [6.07, 6.45) is 5.22. The Hall–Kier alpha value is -0.670. The number of phenolic OH excluding ortho intramolecular Hbond substituents is 1. The Morgan fingerprint density at radius 2 is 2.14 bits per heavy atom. The van der Waals surface area contributed by atoms with Crippen molar-refractivity contribution in [3.8, 4) is 5.75 Å². The Balaban J connectivity index is 2.32. The molecule has 1 aliphatic carbocycles. The van der Waals surface area contributed by atoms with Gasteiger partial charge in [-0.2, -0.15) is 0 Å². The van der Waals surface area contributed by atoms with Gasteiger partial charge in [-0.05, 0) is 43.2 Å². The lowest BCUT2D eigenvalue weighted by molar-refractivity contribution is 0.252. The molecule has 76 valence electrons. The third-order valence-corrected chi connectivity index (χ3v) is 3.78. The SMILES string of the molecule is CSc1ccc(C2(N)CCC2)cc1O. The fourth-order valence-corrected chi connectivity index (χ4v) is 2.32. The van der Waals surface area contributed by atoms with Gasteiger partial charge in [0.1, 0.15) is 5.75 Å². The topological polar surface area (TPSA) is 46.2 Å². The van der Waals surface area contributed by atoms with E-state index >= 15 is 0 Å². The van der Waals surface area contributed by atoms with Gasteiger partial charge >= 0.3 is 0 Å². The molecule has 1 aliphatic rings. The summed E-state index contributed by atoms with van der Waals surface area (Å²) >= 11 is 1.55. The van der Waals surface area contributed by atoms with E-state index in [0.29, 0.717) is 5.75 Å². The summed E-state index contributed by atoms with van der Waals surface area (Å²) in [6, 6.07) is 5.79. The quantitative estimate of drug-likeness (QED) is 0.735. The number of hydrogen-bond donors (Lipinski definition) is 2. The van der Waals surface area contributed by atoms with Crippen molar-refractivity contribution in [1.82, 2.24) is 0 Å². The number of thioether (sulfide) groups is 1. The van der Waals surface area contributed by atoms with Crippen molar-refractivity contribution < 1.29 is 5.11 Å². The molecule has 0 amide bonds. The Morgan fingerprint density at radius 3 is 2.57 bits per heavy atom. The second-order valence-corrected chi connectivity index (χ2v) is 4.74. The first-order valence-electron chi connectivity index (χ1n) is 4.82. The Kier molecular flexibility index (Phi) is 2.45. The maximum absolute atomic E-state index is 9.70. The van der Waals surface area contributed by atoms with Crippen LogP contribution in [0.3, 0.4) is 0 Å². The molecule has 2 nitrogen and oxygen atoms in total. The molecular weight excluding hydrogens is 194 g/mol. The molecule has 1 fully saturated rings. The molecule has 3 N–H and O–H groups in total. The van der Waals surface area contributed by atoms with E-state index in [2.05, 4.69) is 0 Å². The zero-order valence-electron chi connectivity index (χ0n) is 8.29. The van der Waals surface area contributed by atoms with E-state index in [1.54, 1.807) is 11.8 Å². The first-order chi connectivity index (χ1) is 6.65. The largest absolute Gasteiger partial charge is 0.507 e. The maximum atomic E-state index is 9.70. The third kappa shape index (κ3) is 1.51. The van der Waals surface area contributed by atoms with E-state index in [4.69, 9.17) is 5.73 Å². The van der Waals surface area contributed by atoms with Gasteiger partial charge in [-0.15, -0.1) is 11.8 Å². The molecule has 1 aromatic carbocycles. The van der Waals surface area contributed by atoms with Crippen LogP contribution < -0.4 is 5.73 Å². The number of phenols is 1. The second kappa shape index (κ2) is 3.48. The molecule has 0 unspecified atom stereocenters. The number of hydrogen-bond acceptors (Lipinski definition) is 3. The molecule has 1 aromatic rings. The van der Waals surface area contributed by atoms with Gasteiger partial charge in [-0.25, -0.2) is 0 Å². The molecular formula is C11H15NOS. The lowest BCUT2D eigenvalue weighted by Gasteiger charge is -2.38. The van der Waals surface area contributed by atoms with E-state index in [9.17, 15) is 5.11 Å². The smallest absolute Gasteiger partial charge is 0.129 e. The second-order valence-electron chi connectivity index (χ2n) is 3.90. The molecule has 0 aromatic heterocycles. The van der Waals surface area contributed by atoms with Gasteiger partial charge in [0.2, 0.25) is 0 Å². The summed E-state index contributed by atoms with van der Waals surface area (Å²) in [5.74, 6) is 0.353. The highest BCUT2D eigenvalue weighted by molar-refractivity contribution is 7.98. The predicted molar refractivity (Wildman–Crippen MR) is 59.6 cm³/mol. The average molecular weight is 209 g/mol. The third-order valence-electron chi connectivity index (χ3n) is 3.00. The van der Waals surface area contributed by atoms with Crippen molar-refractivity contribution in [2.45, 2.75) is 29.7 Å². The molecule has 14 heavy (non-hydrogen) atoms. The van der Waals surface area contributed by atoms with E-state index in [1.807, 2.05) is 24.5 Å². The monoisotopic (exact) mass is 209 g/mol. The van der Waals surface area contributed by atoms with E-state index in [1.165, 1.54) is 6.42 Å². The van der Waals surface area contributed by atoms with Crippen LogP contribution in [0.15, 0.2) is 23.1 Å². The molecule has 0 heterocycles. The van der Waals surface area contributed by atoms with Gasteiger partial charge in [-0.3, -0.25) is 0 Å². The normalized spacial score (nSPS) is 19.0. The Bertz CT molecular complexity index is 347. The molecule has 0 radical (unpaired) electrons. The molecule has 1 saturated carbocycles. The van der Waals surface area contributed by atoms with Crippen LogP contribution in [0.4, 0.5) is 0 Å². The van der Waals surface area contributed by atoms with Crippen molar-refractivity contribution in [2.75, 3.05) is 6.26 Å². The zero-order chi connectivity index (χ0) is 10.2. The van der Waals surface area contributed by atoms with Gasteiger partial charge in [-0.1, -0.05) is 6.07 Å². The molecule has 0 aliphatic heterocycles. The van der Waals surface area contributed by atoms with Gasteiger partial charge in [0.15, 0.2) is 0 Å². The van der Waals surface area contributed by atoms with Gasteiger partial charge in [0, 0.05) is 10.4 Å². The van der Waals surface area contributed by atoms with Crippen LogP contribution in [0.2, 0.25) is 0 Å². The predicted octanol–water partition coefficient (Wildman–Crippen LogP) is 2.45. The van der Waals surface area contributed by atoms with Crippen LogP contribution in [0.5, 0.6) is 5.75 Å². The van der Waals surface area contributed by atoms with E-state index in [0.717, 1.165) is 23.3 Å². The highest BCUT2D eigenvalue weighted by Gasteiger charge is 2.34. The number of aromatic hydroxyl groups is 1. The van der Waals surface area contributed by atoms with Crippen LogP contribution in [-0.4, -0.2) is 11.4 Å². The summed E-state index contributed by atoms with van der Waals surface area (Å²) < 4.78 is 0. The van der Waals surface area contributed by atoms with Gasteiger partial charge in [0.25, 0.3) is 0 Å². The van der Waals surface area contributed by atoms with Crippen LogP contribution >= 0.6 is 11.8 Å². The molecule has 3 heteroatoms. The molecule has 0 saturated heterocycles. The highest BCUT2D eigenvalue weighted by atomic mass is 32.2. The minimum atomic E-state index is -0.172. The van der Waals surface area contributed by atoms with Crippen molar-refractivity contribution in [3.63, 3.8) is 0 Å². The first kappa shape index (κ1) is 9.87. The highest BCUT2D eigenvalue weighted by Crippen LogP contribution is 2.41. The van der Waals surface area contributed by atoms with Crippen molar-refractivity contribution in [1.29, 1.82) is 0 Å². The first-order valence-corrected chi connectivity index (χ1v) is 6.04. The summed E-state index contributed by atoms with van der Waals surface area (Å²) in [4.78, 5) is 0.914. The summed E-state index contributed by atoms with van der Waals surface area (Å²) in [7, 11) is 0. The molecule has 0 atom stereocenters. The summed E-state index contributed by atoms with van der Waals surface area (Å²) in [5, 5.41) is 9.70. The van der Waals surface area contributed by atoms with Crippen LogP contribution in [0.1, 0.15) is 24.8 Å². The lowest BCUT2D eigenvalue weighted by Crippen LogP contribution is -2.43. The van der Waals surface area contributed by atoms with E-state index in [-0.39, 0.29) is 5.54 Å². The van der Waals surface area contributed by atoms with Gasteiger partial charge in [0.05, 0.1) is 0 Å². The van der Waals surface area contributed by atoms with Crippen LogP contribution in [0.25, 0.3) is 0 Å². The fraction of sp³-hybridized carbons (Fsp3) is 0.455. The maximum Gasteiger partial charge on any atom is 0.129 e. The molecule has 0 spiro atoms. The fourth-order valence-electron chi connectivity index (χ4n) is 1.85. The molecule has 2 rings (SSSR count). The van der Waals surface area contributed by atoms with Crippen molar-refractivity contribution in [2.24, 2.45) is 5.73 Å². The zero-order valence-corrected chi connectivity index (χ0v) is 9.10. The number of benzene rings is 1. The van der Waals surface area contributed by atoms with Crippen LogP contribution in [0, 0.1) is 0 Å². The lowest BCUT2D eigenvalue weighted by atomic mass is 9.73. The van der Waals surface area contributed by atoms with E-state index < -0.39 is 0 Å². The Labute approximate surface area is 88.5 Å². The van der Waals surface area contributed by atoms with Crippen LogP contribution in [-0.2, 0) is 5.54 Å². The minimum Gasteiger partial charge on any atom is -0.507 e. The van der Waals surface area contributed by atoms with Gasteiger partial charge < -0.3 is 10.8 Å². The van der Waals surface area contributed by atoms with Crippen molar-refractivity contribution >= 4 is 11.8 Å². The summed E-state index contributed by atoms with van der Waals surface area (Å²) in [5.41, 5.74) is 7.06. The summed E-state index contributed by atoms with van der Waals surface area (Å²) in [6.45, 7) is 0. The standard InChI is InChI=1S/C11H15NOS/c1-14-10-4-3-8(7-9(10)13)11(12)5-2-6-11/h3-4,7,13H,2,5-6,12H2,1H3.